The molecule has 0 saturated heterocycles. The van der Waals surface area contributed by atoms with Gasteiger partial charge >= 0.3 is 12.1 Å². The predicted molar refractivity (Wildman–Crippen MR) is 152 cm³/mol. The number of methoxy groups -OCH3 is 1. The van der Waals surface area contributed by atoms with Crippen molar-refractivity contribution in [3.63, 3.8) is 0 Å². The Balaban J connectivity index is 0.000000559. The number of nitrogens with one attached hydrogen (secondary N) is 2. The highest BCUT2D eigenvalue weighted by atomic mass is 35.5. The molecular weight excluding hydrogens is 589 g/mol. The first-order valence-electron chi connectivity index (χ1n) is 12.4. The minimum absolute atomic E-state index is 0.430. The SMILES string of the molecule is COc1ccc(-c2sc(NCC3CCCCC3)nc2C)cc1S(=O)Nc1cnc(Cl)c(C)c1.O=C(O)C(F)(F)F. The first-order chi connectivity index (χ1) is 18.9. The van der Waals surface area contributed by atoms with Crippen molar-refractivity contribution in [1.29, 1.82) is 0 Å². The highest BCUT2D eigenvalue weighted by Gasteiger charge is 2.38. The lowest BCUT2D eigenvalue weighted by Crippen LogP contribution is -2.21. The third-order valence-corrected chi connectivity index (χ3v) is 8.86. The summed E-state index contributed by atoms with van der Waals surface area (Å²) in [5.41, 5.74) is 3.37. The number of nitrogens with zero attached hydrogens (tertiary/aromatic N) is 2. The number of pyridine rings is 1. The van der Waals surface area contributed by atoms with E-state index in [1.807, 2.05) is 38.1 Å². The average molecular weight is 619 g/mol. The molecule has 14 heteroatoms. The van der Waals surface area contributed by atoms with Crippen molar-refractivity contribution in [1.82, 2.24) is 9.97 Å². The van der Waals surface area contributed by atoms with Crippen LogP contribution in [0.3, 0.4) is 0 Å². The quantitative estimate of drug-likeness (QED) is 0.228. The van der Waals surface area contributed by atoms with E-state index in [-0.39, 0.29) is 0 Å². The molecule has 1 atom stereocenters. The number of halogens is 4. The molecule has 1 fully saturated rings. The van der Waals surface area contributed by atoms with Crippen molar-refractivity contribution in [2.45, 2.75) is 57.0 Å². The minimum atomic E-state index is -5.08. The standard InChI is InChI=1S/C24H29ClN4O2S2.C2HF3O2/c1-15-11-19(14-26-23(15)25)29-33(30)21-12-18(9-10-20(21)31-3)22-16(2)28-24(32-22)27-13-17-7-5-4-6-8-17;3-2(4,5)1(6)7/h9-12,14,17,29H,4-8,13H2,1-3H3,(H,27,28);(H,6,7). The number of carbonyl (C=O) groups is 1. The Labute approximate surface area is 241 Å². The molecular formula is C26H30ClF3N4O4S2. The van der Waals surface area contributed by atoms with Gasteiger partial charge in [-0.1, -0.05) is 42.2 Å². The number of rotatable bonds is 8. The maximum Gasteiger partial charge on any atom is 0.490 e. The molecule has 1 aliphatic rings. The Morgan fingerprint density at radius 2 is 1.90 bits per heavy atom. The minimum Gasteiger partial charge on any atom is -0.495 e. The van der Waals surface area contributed by atoms with Gasteiger partial charge in [-0.25, -0.2) is 19.0 Å². The molecule has 1 aliphatic carbocycles. The Hall–Kier alpha value is -2.90. The summed E-state index contributed by atoms with van der Waals surface area (Å²) in [5.74, 6) is -1.47. The van der Waals surface area contributed by atoms with E-state index < -0.39 is 23.1 Å². The molecule has 0 bridgehead atoms. The lowest BCUT2D eigenvalue weighted by Gasteiger charge is -2.21. The molecule has 1 aromatic carbocycles. The number of thiazole rings is 1. The number of aryl methyl sites for hydroxylation is 2. The van der Waals surface area contributed by atoms with Crippen molar-refractivity contribution in [2.24, 2.45) is 5.92 Å². The number of benzene rings is 1. The van der Waals surface area contributed by atoms with Gasteiger partial charge in [0, 0.05) is 6.54 Å². The number of anilines is 2. The second kappa shape index (κ2) is 14.1. The molecule has 1 saturated carbocycles. The summed E-state index contributed by atoms with van der Waals surface area (Å²) in [6.07, 6.45) is 3.11. The van der Waals surface area contributed by atoms with Crippen LogP contribution in [0.4, 0.5) is 24.0 Å². The van der Waals surface area contributed by atoms with Gasteiger partial charge in [0.05, 0.1) is 29.6 Å². The molecule has 4 rings (SSSR count). The van der Waals surface area contributed by atoms with Gasteiger partial charge < -0.3 is 15.2 Å². The van der Waals surface area contributed by atoms with E-state index >= 15 is 0 Å². The molecule has 0 amide bonds. The van der Waals surface area contributed by atoms with E-state index in [0.29, 0.717) is 21.5 Å². The first kappa shape index (κ1) is 31.6. The summed E-state index contributed by atoms with van der Waals surface area (Å²) in [6.45, 7) is 4.85. The zero-order valence-corrected chi connectivity index (χ0v) is 24.5. The smallest absolute Gasteiger partial charge is 0.490 e. The van der Waals surface area contributed by atoms with Gasteiger partial charge in [-0.15, -0.1) is 0 Å². The van der Waals surface area contributed by atoms with Crippen LogP contribution < -0.4 is 14.8 Å². The van der Waals surface area contributed by atoms with Crippen LogP contribution in [-0.4, -0.2) is 45.1 Å². The maximum atomic E-state index is 13.2. The maximum absolute atomic E-state index is 13.2. The van der Waals surface area contributed by atoms with Gasteiger partial charge in [-0.3, -0.25) is 4.72 Å². The van der Waals surface area contributed by atoms with Gasteiger partial charge in [0.2, 0.25) is 0 Å². The van der Waals surface area contributed by atoms with Crippen molar-refractivity contribution in [2.75, 3.05) is 23.7 Å². The van der Waals surface area contributed by atoms with Gasteiger partial charge in [-0.05, 0) is 68.0 Å². The van der Waals surface area contributed by atoms with Crippen molar-refractivity contribution >= 4 is 50.7 Å². The fraction of sp³-hybridized carbons (Fsp3) is 0.423. The van der Waals surface area contributed by atoms with E-state index in [2.05, 4.69) is 15.0 Å². The number of carboxylic acid groups (broad SMARTS) is 1. The first-order valence-corrected chi connectivity index (χ1v) is 14.7. The molecule has 3 aromatic rings. The molecule has 0 aliphatic heterocycles. The number of alkyl halides is 3. The van der Waals surface area contributed by atoms with Crippen molar-refractivity contribution in [3.8, 4) is 16.2 Å². The van der Waals surface area contributed by atoms with Gasteiger partial charge in [-0.2, -0.15) is 13.2 Å². The Kier molecular flexibility index (Phi) is 11.2. The Morgan fingerprint density at radius 3 is 2.50 bits per heavy atom. The Morgan fingerprint density at radius 1 is 1.23 bits per heavy atom. The summed E-state index contributed by atoms with van der Waals surface area (Å²) in [5, 5.41) is 12.0. The number of ether oxygens (including phenoxy) is 1. The van der Waals surface area contributed by atoms with Crippen LogP contribution >= 0.6 is 22.9 Å². The molecule has 0 spiro atoms. The van der Waals surface area contributed by atoms with E-state index in [0.717, 1.165) is 39.3 Å². The summed E-state index contributed by atoms with van der Waals surface area (Å²) in [6, 6.07) is 7.56. The third-order valence-electron chi connectivity index (χ3n) is 6.16. The zero-order chi connectivity index (χ0) is 29.4. The molecule has 3 N–H and O–H groups in total. The Bertz CT molecular complexity index is 1350. The summed E-state index contributed by atoms with van der Waals surface area (Å²) < 4.78 is 53.4. The molecule has 2 aromatic heterocycles. The van der Waals surface area contributed by atoms with Crippen LogP contribution in [0.5, 0.6) is 5.75 Å². The lowest BCUT2D eigenvalue weighted by molar-refractivity contribution is -0.192. The van der Waals surface area contributed by atoms with E-state index in [4.69, 9.17) is 31.2 Å². The predicted octanol–water partition coefficient (Wildman–Crippen LogP) is 7.24. The summed E-state index contributed by atoms with van der Waals surface area (Å²) in [4.78, 5) is 19.4. The number of hydrogen-bond acceptors (Lipinski definition) is 7. The molecule has 40 heavy (non-hydrogen) atoms. The van der Waals surface area contributed by atoms with Crippen LogP contribution in [0.25, 0.3) is 10.4 Å². The fourth-order valence-corrected chi connectivity index (χ4v) is 6.18. The van der Waals surface area contributed by atoms with E-state index in [9.17, 15) is 17.4 Å². The normalized spacial score (nSPS) is 14.6. The van der Waals surface area contributed by atoms with Gasteiger partial charge in [0.15, 0.2) is 16.1 Å². The second-order valence-electron chi connectivity index (χ2n) is 9.19. The molecule has 1 unspecified atom stereocenters. The largest absolute Gasteiger partial charge is 0.495 e. The van der Waals surface area contributed by atoms with Crippen molar-refractivity contribution in [3.05, 3.63) is 46.9 Å². The molecule has 2 heterocycles. The van der Waals surface area contributed by atoms with Crippen molar-refractivity contribution < 1.29 is 32.0 Å². The van der Waals surface area contributed by atoms with Crippen LogP contribution in [0.15, 0.2) is 35.4 Å². The van der Waals surface area contributed by atoms with Crippen LogP contribution in [0.1, 0.15) is 43.4 Å². The number of hydrogen-bond donors (Lipinski definition) is 3. The molecule has 218 valence electrons. The fourth-order valence-electron chi connectivity index (χ4n) is 4.10. The van der Waals surface area contributed by atoms with Gasteiger partial charge in [0.25, 0.3) is 0 Å². The van der Waals surface area contributed by atoms with Crippen LogP contribution in [0, 0.1) is 19.8 Å². The zero-order valence-electron chi connectivity index (χ0n) is 22.1. The number of carboxylic acids is 1. The second-order valence-corrected chi connectivity index (χ2v) is 11.7. The number of aliphatic carboxylic acids is 1. The lowest BCUT2D eigenvalue weighted by atomic mass is 9.89. The highest BCUT2D eigenvalue weighted by Crippen LogP contribution is 2.37. The van der Waals surface area contributed by atoms with E-state index in [1.54, 1.807) is 24.6 Å². The topological polar surface area (TPSA) is 113 Å². The summed E-state index contributed by atoms with van der Waals surface area (Å²) >= 11 is 7.64. The molecule has 0 radical (unpaired) electrons. The van der Waals surface area contributed by atoms with Crippen LogP contribution in [-0.2, 0) is 15.8 Å². The average Bonchev–Trinajstić information content (AvgIpc) is 3.30. The molecule has 8 nitrogen and oxygen atoms in total. The van der Waals surface area contributed by atoms with E-state index in [1.165, 1.54) is 32.1 Å². The highest BCUT2D eigenvalue weighted by molar-refractivity contribution is 7.86. The van der Waals surface area contributed by atoms with Gasteiger partial charge in [0.1, 0.15) is 15.8 Å². The monoisotopic (exact) mass is 618 g/mol. The van der Waals surface area contributed by atoms with Crippen LogP contribution in [0.2, 0.25) is 5.15 Å². The summed E-state index contributed by atoms with van der Waals surface area (Å²) in [7, 11) is 0.0374. The third kappa shape index (κ3) is 8.80. The number of aromatic nitrogens is 2.